The summed E-state index contributed by atoms with van der Waals surface area (Å²) >= 11 is 0. The Kier molecular flexibility index (Phi) is 2.27. The Hall–Kier alpha value is -0.570. The lowest BCUT2D eigenvalue weighted by Gasteiger charge is -2.20. The zero-order chi connectivity index (χ0) is 7.56. The molecule has 1 saturated heterocycles. The molecule has 1 amide bonds. The van der Waals surface area contributed by atoms with Crippen molar-refractivity contribution in [1.82, 2.24) is 4.90 Å². The van der Waals surface area contributed by atoms with Gasteiger partial charge in [0.25, 0.3) is 0 Å². The summed E-state index contributed by atoms with van der Waals surface area (Å²) in [5.41, 5.74) is 0. The first-order valence-corrected chi connectivity index (χ1v) is 3.62. The van der Waals surface area contributed by atoms with Gasteiger partial charge in [0.05, 0.1) is 0 Å². The fourth-order valence-electron chi connectivity index (χ4n) is 1.33. The van der Waals surface area contributed by atoms with Crippen molar-refractivity contribution in [3.63, 3.8) is 0 Å². The minimum absolute atomic E-state index is 0.0394. The Balaban J connectivity index is 2.54. The standard InChI is InChI=1S/C7H13NO2/c1-3-8-6(9)4-5-7(8)10-2/h7H,3-5H2,1-2H3. The third-order valence-corrected chi connectivity index (χ3v) is 1.89. The number of carbonyl (C=O) groups excluding carboxylic acids is 1. The number of ether oxygens (including phenoxy) is 1. The molecule has 1 rings (SSSR count). The number of hydrogen-bond donors (Lipinski definition) is 0. The Morgan fingerprint density at radius 1 is 1.80 bits per heavy atom. The van der Waals surface area contributed by atoms with Gasteiger partial charge in [0, 0.05) is 26.5 Å². The molecule has 1 heterocycles. The van der Waals surface area contributed by atoms with Gasteiger partial charge in [0.1, 0.15) is 6.23 Å². The third-order valence-electron chi connectivity index (χ3n) is 1.89. The van der Waals surface area contributed by atoms with Crippen molar-refractivity contribution in [2.24, 2.45) is 0 Å². The molecule has 1 fully saturated rings. The van der Waals surface area contributed by atoms with Gasteiger partial charge in [-0.2, -0.15) is 0 Å². The lowest BCUT2D eigenvalue weighted by molar-refractivity contribution is -0.134. The lowest BCUT2D eigenvalue weighted by atomic mass is 10.3. The Morgan fingerprint density at radius 3 is 2.90 bits per heavy atom. The van der Waals surface area contributed by atoms with Crippen LogP contribution in [0.4, 0.5) is 0 Å². The summed E-state index contributed by atoms with van der Waals surface area (Å²) in [6.07, 6.45) is 1.53. The van der Waals surface area contributed by atoms with Crippen LogP contribution >= 0.6 is 0 Å². The predicted molar refractivity (Wildman–Crippen MR) is 37.4 cm³/mol. The molecule has 0 spiro atoms. The van der Waals surface area contributed by atoms with Crippen molar-refractivity contribution < 1.29 is 9.53 Å². The number of hydrogen-bond acceptors (Lipinski definition) is 2. The van der Waals surface area contributed by atoms with Gasteiger partial charge >= 0.3 is 0 Å². The molecule has 58 valence electrons. The Morgan fingerprint density at radius 2 is 2.50 bits per heavy atom. The van der Waals surface area contributed by atoms with Crippen LogP contribution in [-0.4, -0.2) is 30.7 Å². The molecule has 3 nitrogen and oxygen atoms in total. The zero-order valence-electron chi connectivity index (χ0n) is 6.46. The normalized spacial score (nSPS) is 26.0. The van der Waals surface area contributed by atoms with Crippen molar-refractivity contribution >= 4 is 5.91 Å². The van der Waals surface area contributed by atoms with Gasteiger partial charge in [-0.1, -0.05) is 0 Å². The number of nitrogens with zero attached hydrogens (tertiary/aromatic N) is 1. The van der Waals surface area contributed by atoms with E-state index in [1.807, 2.05) is 6.92 Å². The molecule has 0 radical (unpaired) electrons. The van der Waals surface area contributed by atoms with Gasteiger partial charge in [0.15, 0.2) is 0 Å². The van der Waals surface area contributed by atoms with Crippen molar-refractivity contribution in [1.29, 1.82) is 0 Å². The minimum Gasteiger partial charge on any atom is -0.362 e. The summed E-state index contributed by atoms with van der Waals surface area (Å²) in [4.78, 5) is 12.8. The monoisotopic (exact) mass is 143 g/mol. The smallest absolute Gasteiger partial charge is 0.224 e. The van der Waals surface area contributed by atoms with Gasteiger partial charge < -0.3 is 9.64 Å². The van der Waals surface area contributed by atoms with E-state index in [0.29, 0.717) is 6.42 Å². The molecule has 3 heteroatoms. The van der Waals surface area contributed by atoms with E-state index in [2.05, 4.69) is 0 Å². The average Bonchev–Trinajstić information content (AvgIpc) is 2.30. The van der Waals surface area contributed by atoms with Crippen LogP contribution in [0.15, 0.2) is 0 Å². The molecule has 0 aromatic heterocycles. The highest BCUT2D eigenvalue weighted by Crippen LogP contribution is 2.17. The number of rotatable bonds is 2. The molecule has 10 heavy (non-hydrogen) atoms. The zero-order valence-corrected chi connectivity index (χ0v) is 6.46. The molecule has 1 aliphatic heterocycles. The number of likely N-dealkylation sites (tertiary alicyclic amines) is 1. The second kappa shape index (κ2) is 3.01. The van der Waals surface area contributed by atoms with Gasteiger partial charge in [-0.3, -0.25) is 4.79 Å². The highest BCUT2D eigenvalue weighted by Gasteiger charge is 2.28. The van der Waals surface area contributed by atoms with Crippen molar-refractivity contribution in [2.45, 2.75) is 26.0 Å². The largest absolute Gasteiger partial charge is 0.362 e. The van der Waals surface area contributed by atoms with Gasteiger partial charge in [-0.05, 0) is 6.92 Å². The number of carbonyl (C=O) groups is 1. The quantitative estimate of drug-likeness (QED) is 0.566. The number of methoxy groups -OCH3 is 1. The molecule has 0 aromatic rings. The van der Waals surface area contributed by atoms with E-state index in [0.717, 1.165) is 13.0 Å². The highest BCUT2D eigenvalue weighted by molar-refractivity contribution is 5.78. The predicted octanol–water partition coefficient (Wildman–Crippen LogP) is 0.601. The van der Waals surface area contributed by atoms with Crippen LogP contribution in [0.3, 0.4) is 0 Å². The van der Waals surface area contributed by atoms with Crippen molar-refractivity contribution in [3.8, 4) is 0 Å². The van der Waals surface area contributed by atoms with E-state index < -0.39 is 0 Å². The molecule has 1 unspecified atom stereocenters. The second-order valence-corrected chi connectivity index (χ2v) is 2.41. The fraction of sp³-hybridized carbons (Fsp3) is 0.857. The molecule has 1 aliphatic rings. The SMILES string of the molecule is CCN1C(=O)CCC1OC. The van der Waals surface area contributed by atoms with Crippen molar-refractivity contribution in [3.05, 3.63) is 0 Å². The third kappa shape index (κ3) is 1.14. The van der Waals surface area contributed by atoms with Crippen LogP contribution in [0, 0.1) is 0 Å². The van der Waals surface area contributed by atoms with E-state index in [1.165, 1.54) is 0 Å². The maximum atomic E-state index is 11.0. The number of amides is 1. The van der Waals surface area contributed by atoms with Crippen LogP contribution in [0.5, 0.6) is 0 Å². The molecule has 0 saturated carbocycles. The average molecular weight is 143 g/mol. The van der Waals surface area contributed by atoms with Crippen molar-refractivity contribution in [2.75, 3.05) is 13.7 Å². The van der Waals surface area contributed by atoms with E-state index in [-0.39, 0.29) is 12.1 Å². The topological polar surface area (TPSA) is 29.5 Å². The summed E-state index contributed by atoms with van der Waals surface area (Å²) in [6.45, 7) is 2.73. The van der Waals surface area contributed by atoms with E-state index in [9.17, 15) is 4.79 Å². The van der Waals surface area contributed by atoms with E-state index >= 15 is 0 Å². The Bertz CT molecular complexity index is 136. The molecular formula is C7H13NO2. The molecule has 0 bridgehead atoms. The summed E-state index contributed by atoms with van der Waals surface area (Å²) in [7, 11) is 1.64. The summed E-state index contributed by atoms with van der Waals surface area (Å²) in [6, 6.07) is 0. The summed E-state index contributed by atoms with van der Waals surface area (Å²) in [5.74, 6) is 0.217. The first kappa shape index (κ1) is 7.54. The minimum atomic E-state index is 0.0394. The molecule has 0 aromatic carbocycles. The van der Waals surface area contributed by atoms with Crippen LogP contribution < -0.4 is 0 Å². The first-order valence-electron chi connectivity index (χ1n) is 3.62. The van der Waals surface area contributed by atoms with Crippen LogP contribution in [-0.2, 0) is 9.53 Å². The molecular weight excluding hydrogens is 130 g/mol. The van der Waals surface area contributed by atoms with E-state index in [1.54, 1.807) is 12.0 Å². The van der Waals surface area contributed by atoms with E-state index in [4.69, 9.17) is 4.74 Å². The maximum absolute atomic E-state index is 11.0. The Labute approximate surface area is 61.0 Å². The van der Waals surface area contributed by atoms with Gasteiger partial charge in [0.2, 0.25) is 5.91 Å². The molecule has 0 N–H and O–H groups in total. The first-order chi connectivity index (χ1) is 4.79. The summed E-state index contributed by atoms with van der Waals surface area (Å²) < 4.78 is 5.09. The van der Waals surface area contributed by atoms with Gasteiger partial charge in [-0.15, -0.1) is 0 Å². The van der Waals surface area contributed by atoms with Gasteiger partial charge in [-0.25, -0.2) is 0 Å². The lowest BCUT2D eigenvalue weighted by Crippen LogP contribution is -2.33. The maximum Gasteiger partial charge on any atom is 0.224 e. The summed E-state index contributed by atoms with van der Waals surface area (Å²) in [5, 5.41) is 0. The molecule has 0 aliphatic carbocycles. The van der Waals surface area contributed by atoms with Crippen LogP contribution in [0.2, 0.25) is 0 Å². The second-order valence-electron chi connectivity index (χ2n) is 2.41. The highest BCUT2D eigenvalue weighted by atomic mass is 16.5. The molecule has 1 atom stereocenters. The van der Waals surface area contributed by atoms with Crippen LogP contribution in [0.25, 0.3) is 0 Å². The fourth-order valence-corrected chi connectivity index (χ4v) is 1.33. The van der Waals surface area contributed by atoms with Crippen LogP contribution in [0.1, 0.15) is 19.8 Å².